The molecule has 186 valence electrons. The van der Waals surface area contributed by atoms with Crippen LogP contribution in [0.5, 0.6) is 0 Å². The topological polar surface area (TPSA) is 95.9 Å². The monoisotopic (exact) mass is 478 g/mol. The molecule has 2 N–H and O–H groups in total. The first-order chi connectivity index (χ1) is 16.9. The van der Waals surface area contributed by atoms with E-state index in [4.69, 9.17) is 4.74 Å². The lowest BCUT2D eigenvalue weighted by Gasteiger charge is -2.39. The highest BCUT2D eigenvalue weighted by Gasteiger charge is 2.38. The second-order valence-corrected chi connectivity index (χ2v) is 9.52. The lowest BCUT2D eigenvalue weighted by Crippen LogP contribution is -2.56. The van der Waals surface area contributed by atoms with Crippen molar-refractivity contribution in [2.24, 2.45) is 5.92 Å². The number of hydrogen-bond acceptors (Lipinski definition) is 4. The number of ether oxygens (including phenoxy) is 1. The maximum atomic E-state index is 13.4. The molecular weight excluding hydrogens is 444 g/mol. The SMILES string of the molecule is CCCCC(NC(=O)OCC1c2ccccc2-c2ccccc21)C(=O)N1CCC[C@H](C(=O)O)[C@@H]1C. The lowest BCUT2D eigenvalue weighted by atomic mass is 9.89. The van der Waals surface area contributed by atoms with Gasteiger partial charge in [-0.2, -0.15) is 0 Å². The van der Waals surface area contributed by atoms with Crippen LogP contribution in [0.1, 0.15) is 63.0 Å². The van der Waals surface area contributed by atoms with Gasteiger partial charge in [0.2, 0.25) is 5.91 Å². The van der Waals surface area contributed by atoms with E-state index < -0.39 is 30.1 Å². The number of carboxylic acid groups (broad SMARTS) is 1. The zero-order valence-electron chi connectivity index (χ0n) is 20.4. The van der Waals surface area contributed by atoms with Gasteiger partial charge < -0.3 is 20.1 Å². The first-order valence-electron chi connectivity index (χ1n) is 12.6. The average molecular weight is 479 g/mol. The minimum atomic E-state index is -0.885. The Morgan fingerprint density at radius 1 is 1.09 bits per heavy atom. The van der Waals surface area contributed by atoms with Crippen molar-refractivity contribution in [1.82, 2.24) is 10.2 Å². The number of fused-ring (bicyclic) bond motifs is 3. The highest BCUT2D eigenvalue weighted by Crippen LogP contribution is 2.44. The van der Waals surface area contributed by atoms with Crippen molar-refractivity contribution in [2.45, 2.75) is 64.0 Å². The van der Waals surface area contributed by atoms with E-state index in [1.807, 2.05) is 31.2 Å². The largest absolute Gasteiger partial charge is 0.481 e. The van der Waals surface area contributed by atoms with Crippen molar-refractivity contribution in [2.75, 3.05) is 13.2 Å². The number of nitrogens with zero attached hydrogens (tertiary/aromatic N) is 1. The molecule has 1 saturated heterocycles. The number of benzene rings is 2. The number of unbranched alkanes of at least 4 members (excludes halogenated alkanes) is 1. The van der Waals surface area contributed by atoms with E-state index >= 15 is 0 Å². The Hall–Kier alpha value is -3.35. The smallest absolute Gasteiger partial charge is 0.407 e. The second-order valence-electron chi connectivity index (χ2n) is 9.52. The second kappa shape index (κ2) is 10.9. The van der Waals surface area contributed by atoms with E-state index in [0.717, 1.165) is 35.1 Å². The van der Waals surface area contributed by atoms with E-state index in [0.29, 0.717) is 25.8 Å². The first-order valence-corrected chi connectivity index (χ1v) is 12.6. The normalized spacial score (nSPS) is 20.0. The Kier molecular flexibility index (Phi) is 7.73. The Labute approximate surface area is 206 Å². The molecule has 4 rings (SSSR count). The molecule has 7 nitrogen and oxygen atoms in total. The Balaban J connectivity index is 1.43. The molecule has 0 saturated carbocycles. The van der Waals surface area contributed by atoms with E-state index in [9.17, 15) is 19.5 Å². The molecule has 1 fully saturated rings. The van der Waals surface area contributed by atoms with Crippen LogP contribution < -0.4 is 5.32 Å². The quantitative estimate of drug-likeness (QED) is 0.568. The highest BCUT2D eigenvalue weighted by molar-refractivity contribution is 5.87. The molecule has 35 heavy (non-hydrogen) atoms. The van der Waals surface area contributed by atoms with Crippen LogP contribution in [0.15, 0.2) is 48.5 Å². The summed E-state index contributed by atoms with van der Waals surface area (Å²) in [5, 5.41) is 12.3. The number of aliphatic carboxylic acids is 1. The van der Waals surface area contributed by atoms with Crippen molar-refractivity contribution >= 4 is 18.0 Å². The third-order valence-electron chi connectivity index (χ3n) is 7.37. The van der Waals surface area contributed by atoms with E-state index in [1.165, 1.54) is 0 Å². The molecule has 0 spiro atoms. The van der Waals surface area contributed by atoms with Crippen LogP contribution in [0.25, 0.3) is 11.1 Å². The van der Waals surface area contributed by atoms with Crippen LogP contribution >= 0.6 is 0 Å². The molecule has 1 unspecified atom stereocenters. The van der Waals surface area contributed by atoms with Gasteiger partial charge in [-0.1, -0.05) is 68.3 Å². The van der Waals surface area contributed by atoms with Crippen LogP contribution in [-0.4, -0.2) is 53.2 Å². The summed E-state index contributed by atoms with van der Waals surface area (Å²) in [6, 6.07) is 15.1. The number of piperidine rings is 1. The number of alkyl carbamates (subject to hydrolysis) is 1. The molecule has 2 aromatic rings. The molecule has 2 aromatic carbocycles. The fourth-order valence-corrected chi connectivity index (χ4v) is 5.43. The predicted molar refractivity (Wildman–Crippen MR) is 133 cm³/mol. The van der Waals surface area contributed by atoms with Gasteiger partial charge in [-0.3, -0.25) is 9.59 Å². The molecule has 1 aliphatic carbocycles. The van der Waals surface area contributed by atoms with Gasteiger partial charge in [0.05, 0.1) is 5.92 Å². The number of likely N-dealkylation sites (tertiary alicyclic amines) is 1. The summed E-state index contributed by atoms with van der Waals surface area (Å²) in [7, 11) is 0. The summed E-state index contributed by atoms with van der Waals surface area (Å²) < 4.78 is 5.66. The fraction of sp³-hybridized carbons (Fsp3) is 0.464. The number of carbonyl (C=O) groups excluding carboxylic acids is 2. The maximum Gasteiger partial charge on any atom is 0.407 e. The van der Waals surface area contributed by atoms with Gasteiger partial charge >= 0.3 is 12.1 Å². The minimum Gasteiger partial charge on any atom is -0.481 e. The van der Waals surface area contributed by atoms with Crippen LogP contribution in [0.2, 0.25) is 0 Å². The molecule has 3 atom stereocenters. The number of hydrogen-bond donors (Lipinski definition) is 2. The average Bonchev–Trinajstić information content (AvgIpc) is 3.18. The summed E-state index contributed by atoms with van der Waals surface area (Å²) in [6.07, 6.45) is 2.70. The molecule has 2 aliphatic rings. The minimum absolute atomic E-state index is 0.0589. The zero-order chi connectivity index (χ0) is 24.9. The molecule has 0 radical (unpaired) electrons. The zero-order valence-corrected chi connectivity index (χ0v) is 20.4. The molecule has 0 bridgehead atoms. The maximum absolute atomic E-state index is 13.4. The van der Waals surface area contributed by atoms with Crippen molar-refractivity contribution < 1.29 is 24.2 Å². The van der Waals surface area contributed by atoms with Crippen molar-refractivity contribution in [3.8, 4) is 11.1 Å². The van der Waals surface area contributed by atoms with E-state index in [2.05, 4.69) is 29.6 Å². The van der Waals surface area contributed by atoms with Crippen LogP contribution in [-0.2, 0) is 14.3 Å². The fourth-order valence-electron chi connectivity index (χ4n) is 5.43. The first kappa shape index (κ1) is 24.8. The van der Waals surface area contributed by atoms with Crippen LogP contribution in [0.3, 0.4) is 0 Å². The standard InChI is InChI=1S/C28H34N2O5/c1-3-4-15-25(26(31)30-16-9-14-19(18(30)2)27(32)33)29-28(34)35-17-24-22-12-7-5-10-20(22)21-11-6-8-13-23(21)24/h5-8,10-13,18-19,24-25H,3-4,9,14-17H2,1-2H3,(H,29,34)(H,32,33)/t18-,19-,25?/m0/s1. The lowest BCUT2D eigenvalue weighted by molar-refractivity contribution is -0.149. The number of carbonyl (C=O) groups is 3. The molecular formula is C28H34N2O5. The molecule has 1 heterocycles. The van der Waals surface area contributed by atoms with E-state index in [-0.39, 0.29) is 18.4 Å². The van der Waals surface area contributed by atoms with E-state index in [1.54, 1.807) is 11.8 Å². The summed E-state index contributed by atoms with van der Waals surface area (Å²) in [5.41, 5.74) is 4.56. The molecule has 7 heteroatoms. The molecule has 1 aliphatic heterocycles. The highest BCUT2D eigenvalue weighted by atomic mass is 16.5. The van der Waals surface area contributed by atoms with Gasteiger partial charge in [0, 0.05) is 18.5 Å². The van der Waals surface area contributed by atoms with Crippen LogP contribution in [0.4, 0.5) is 4.79 Å². The van der Waals surface area contributed by atoms with Crippen molar-refractivity contribution in [3.05, 3.63) is 59.7 Å². The Morgan fingerprint density at radius 3 is 2.31 bits per heavy atom. The number of rotatable bonds is 8. The van der Waals surface area contributed by atoms with Gasteiger partial charge in [0.25, 0.3) is 0 Å². The Morgan fingerprint density at radius 2 is 1.71 bits per heavy atom. The van der Waals surface area contributed by atoms with Gasteiger partial charge in [0.1, 0.15) is 12.6 Å². The predicted octanol–water partition coefficient (Wildman–Crippen LogP) is 4.80. The molecule has 2 amide bonds. The number of amides is 2. The number of nitrogens with one attached hydrogen (secondary N) is 1. The number of carboxylic acids is 1. The van der Waals surface area contributed by atoms with Gasteiger partial charge in [0.15, 0.2) is 0 Å². The summed E-state index contributed by atoms with van der Waals surface area (Å²) in [4.78, 5) is 39.4. The Bertz CT molecular complexity index is 1040. The summed E-state index contributed by atoms with van der Waals surface area (Å²) in [6.45, 7) is 4.48. The van der Waals surface area contributed by atoms with Gasteiger partial charge in [-0.25, -0.2) is 4.79 Å². The third kappa shape index (κ3) is 5.19. The summed E-state index contributed by atoms with van der Waals surface area (Å²) >= 11 is 0. The van der Waals surface area contributed by atoms with Crippen molar-refractivity contribution in [3.63, 3.8) is 0 Å². The third-order valence-corrected chi connectivity index (χ3v) is 7.37. The van der Waals surface area contributed by atoms with Gasteiger partial charge in [-0.05, 0) is 48.4 Å². The van der Waals surface area contributed by atoms with Crippen molar-refractivity contribution in [1.29, 1.82) is 0 Å². The molecule has 0 aromatic heterocycles. The van der Waals surface area contributed by atoms with Crippen LogP contribution in [0, 0.1) is 5.92 Å². The van der Waals surface area contributed by atoms with Gasteiger partial charge in [-0.15, -0.1) is 0 Å². The summed E-state index contributed by atoms with van der Waals surface area (Å²) in [5.74, 6) is -1.76.